The van der Waals surface area contributed by atoms with Crippen LogP contribution in [0.5, 0.6) is 0 Å². The number of carbonyl (C=O) groups is 1. The van der Waals surface area contributed by atoms with Crippen LogP contribution >= 0.6 is 12.4 Å². The average Bonchev–Trinajstić information content (AvgIpc) is 2.87. The minimum Gasteiger partial charge on any atom is -0.391 e. The summed E-state index contributed by atoms with van der Waals surface area (Å²) >= 11 is 0. The second-order valence-electron chi connectivity index (χ2n) is 6.30. The van der Waals surface area contributed by atoms with Crippen LogP contribution in [0.1, 0.15) is 52.4 Å². The standard InChI is InChI=1S/C15H28N2O2.ClH/c1-3-10(2)14(18)9-16-15(19)13-8-11-6-4-5-7-12(11)17-13;/h10-14,17-18H,3-9H2,1-2H3,(H,16,19);1H. The zero-order chi connectivity index (χ0) is 13.8. The summed E-state index contributed by atoms with van der Waals surface area (Å²) in [6.07, 6.45) is 6.54. The summed E-state index contributed by atoms with van der Waals surface area (Å²) in [5.74, 6) is 0.986. The quantitative estimate of drug-likeness (QED) is 0.726. The molecule has 1 saturated heterocycles. The second-order valence-corrected chi connectivity index (χ2v) is 6.30. The molecule has 0 aromatic carbocycles. The van der Waals surface area contributed by atoms with Crippen molar-refractivity contribution in [2.75, 3.05) is 6.54 Å². The lowest BCUT2D eigenvalue weighted by molar-refractivity contribution is -0.123. The van der Waals surface area contributed by atoms with Crippen LogP contribution in [0.15, 0.2) is 0 Å². The number of fused-ring (bicyclic) bond motifs is 1. The Morgan fingerprint density at radius 2 is 2.10 bits per heavy atom. The number of aliphatic hydroxyl groups is 1. The van der Waals surface area contributed by atoms with E-state index in [4.69, 9.17) is 0 Å². The Kier molecular flexibility index (Phi) is 7.27. The van der Waals surface area contributed by atoms with Gasteiger partial charge in [-0.3, -0.25) is 4.79 Å². The summed E-state index contributed by atoms with van der Waals surface area (Å²) in [5.41, 5.74) is 0. The van der Waals surface area contributed by atoms with Crippen molar-refractivity contribution in [2.45, 2.75) is 70.6 Å². The molecule has 2 rings (SSSR count). The van der Waals surface area contributed by atoms with Gasteiger partial charge in [0.25, 0.3) is 0 Å². The molecule has 1 saturated carbocycles. The zero-order valence-corrected chi connectivity index (χ0v) is 13.4. The summed E-state index contributed by atoms with van der Waals surface area (Å²) in [6.45, 7) is 4.44. The van der Waals surface area contributed by atoms with E-state index in [1.54, 1.807) is 0 Å². The molecule has 118 valence electrons. The fourth-order valence-corrected chi connectivity index (χ4v) is 3.32. The van der Waals surface area contributed by atoms with Gasteiger partial charge >= 0.3 is 0 Å². The molecule has 1 aliphatic heterocycles. The number of hydrogen-bond donors (Lipinski definition) is 3. The van der Waals surface area contributed by atoms with Gasteiger partial charge in [0, 0.05) is 12.6 Å². The SMILES string of the molecule is CCC(C)C(O)CNC(=O)C1CC2CCCCC2N1.Cl. The smallest absolute Gasteiger partial charge is 0.237 e. The van der Waals surface area contributed by atoms with E-state index in [9.17, 15) is 9.90 Å². The number of carbonyl (C=O) groups excluding carboxylic acids is 1. The first-order valence-electron chi connectivity index (χ1n) is 7.83. The molecule has 1 aliphatic carbocycles. The van der Waals surface area contributed by atoms with E-state index in [-0.39, 0.29) is 30.3 Å². The van der Waals surface area contributed by atoms with Gasteiger partial charge in [0.1, 0.15) is 0 Å². The predicted octanol–water partition coefficient (Wildman–Crippen LogP) is 1.85. The van der Waals surface area contributed by atoms with Crippen molar-refractivity contribution in [1.29, 1.82) is 0 Å². The largest absolute Gasteiger partial charge is 0.391 e. The van der Waals surface area contributed by atoms with Gasteiger partial charge in [-0.15, -0.1) is 12.4 Å². The van der Waals surface area contributed by atoms with Crippen molar-refractivity contribution in [2.24, 2.45) is 11.8 Å². The fourth-order valence-electron chi connectivity index (χ4n) is 3.32. The van der Waals surface area contributed by atoms with E-state index in [0.29, 0.717) is 18.5 Å². The lowest BCUT2D eigenvalue weighted by Gasteiger charge is -2.24. The molecule has 0 bridgehead atoms. The molecule has 5 unspecified atom stereocenters. The highest BCUT2D eigenvalue weighted by molar-refractivity contribution is 5.85. The van der Waals surface area contributed by atoms with E-state index >= 15 is 0 Å². The molecule has 3 N–H and O–H groups in total. The molecule has 0 aromatic rings. The third kappa shape index (κ3) is 4.34. The van der Waals surface area contributed by atoms with E-state index in [1.165, 1.54) is 25.7 Å². The van der Waals surface area contributed by atoms with Crippen molar-refractivity contribution in [1.82, 2.24) is 10.6 Å². The molecule has 5 atom stereocenters. The normalized spacial score (nSPS) is 31.9. The van der Waals surface area contributed by atoms with Crippen molar-refractivity contribution in [3.8, 4) is 0 Å². The lowest BCUT2D eigenvalue weighted by atomic mass is 9.85. The summed E-state index contributed by atoms with van der Waals surface area (Å²) in [6, 6.07) is 0.501. The van der Waals surface area contributed by atoms with Crippen LogP contribution in [0.4, 0.5) is 0 Å². The maximum atomic E-state index is 12.1. The van der Waals surface area contributed by atoms with Gasteiger partial charge in [0.05, 0.1) is 12.1 Å². The Labute approximate surface area is 128 Å². The number of rotatable bonds is 5. The van der Waals surface area contributed by atoms with E-state index < -0.39 is 6.10 Å². The Bertz CT molecular complexity index is 300. The van der Waals surface area contributed by atoms with Crippen LogP contribution in [0.2, 0.25) is 0 Å². The minimum atomic E-state index is -0.433. The van der Waals surface area contributed by atoms with Gasteiger partial charge in [-0.2, -0.15) is 0 Å². The van der Waals surface area contributed by atoms with E-state index in [2.05, 4.69) is 17.6 Å². The highest BCUT2D eigenvalue weighted by atomic mass is 35.5. The number of amides is 1. The first-order valence-corrected chi connectivity index (χ1v) is 7.83. The van der Waals surface area contributed by atoms with Gasteiger partial charge in [-0.1, -0.05) is 33.1 Å². The van der Waals surface area contributed by atoms with Crippen molar-refractivity contribution < 1.29 is 9.90 Å². The number of nitrogens with one attached hydrogen (secondary N) is 2. The molecule has 0 radical (unpaired) electrons. The van der Waals surface area contributed by atoms with Crippen LogP contribution in [-0.2, 0) is 4.79 Å². The first kappa shape index (κ1) is 17.7. The molecular formula is C15H29ClN2O2. The fraction of sp³-hybridized carbons (Fsp3) is 0.933. The molecule has 0 aromatic heterocycles. The van der Waals surface area contributed by atoms with Crippen LogP contribution in [0.25, 0.3) is 0 Å². The second kappa shape index (κ2) is 8.20. The lowest BCUT2D eigenvalue weighted by Crippen LogP contribution is -2.46. The van der Waals surface area contributed by atoms with Crippen molar-refractivity contribution in [3.63, 3.8) is 0 Å². The molecule has 0 spiro atoms. The number of halogens is 1. The predicted molar refractivity (Wildman–Crippen MR) is 83.0 cm³/mol. The van der Waals surface area contributed by atoms with Gasteiger partial charge in [-0.05, 0) is 31.1 Å². The topological polar surface area (TPSA) is 61.4 Å². The van der Waals surface area contributed by atoms with E-state index in [1.807, 2.05) is 6.92 Å². The highest BCUT2D eigenvalue weighted by Gasteiger charge is 2.38. The maximum absolute atomic E-state index is 12.1. The summed E-state index contributed by atoms with van der Waals surface area (Å²) in [5, 5.41) is 16.2. The van der Waals surface area contributed by atoms with Gasteiger partial charge in [-0.25, -0.2) is 0 Å². The molecule has 2 aliphatic rings. The Balaban J connectivity index is 0.00000200. The van der Waals surface area contributed by atoms with Crippen molar-refractivity contribution in [3.05, 3.63) is 0 Å². The van der Waals surface area contributed by atoms with Crippen LogP contribution in [-0.4, -0.2) is 35.7 Å². The molecule has 1 amide bonds. The summed E-state index contributed by atoms with van der Waals surface area (Å²) in [4.78, 5) is 12.1. The first-order chi connectivity index (χ1) is 9.11. The van der Waals surface area contributed by atoms with Crippen LogP contribution in [0, 0.1) is 11.8 Å². The van der Waals surface area contributed by atoms with Gasteiger partial charge < -0.3 is 15.7 Å². The average molecular weight is 305 g/mol. The third-order valence-corrected chi connectivity index (χ3v) is 4.97. The molecule has 20 heavy (non-hydrogen) atoms. The van der Waals surface area contributed by atoms with Gasteiger partial charge in [0.2, 0.25) is 5.91 Å². The molecule has 1 heterocycles. The van der Waals surface area contributed by atoms with Crippen molar-refractivity contribution >= 4 is 18.3 Å². The number of aliphatic hydroxyl groups excluding tert-OH is 1. The number of hydrogen-bond acceptors (Lipinski definition) is 3. The Morgan fingerprint density at radius 1 is 1.40 bits per heavy atom. The van der Waals surface area contributed by atoms with E-state index in [0.717, 1.165) is 12.8 Å². The Hall–Kier alpha value is -0.320. The minimum absolute atomic E-state index is 0. The third-order valence-electron chi connectivity index (χ3n) is 4.97. The van der Waals surface area contributed by atoms with Crippen LogP contribution < -0.4 is 10.6 Å². The molecule has 5 heteroatoms. The van der Waals surface area contributed by atoms with Crippen LogP contribution in [0.3, 0.4) is 0 Å². The summed E-state index contributed by atoms with van der Waals surface area (Å²) in [7, 11) is 0. The van der Waals surface area contributed by atoms with Gasteiger partial charge in [0.15, 0.2) is 0 Å². The Morgan fingerprint density at radius 3 is 2.75 bits per heavy atom. The molecule has 2 fully saturated rings. The molecular weight excluding hydrogens is 276 g/mol. The monoisotopic (exact) mass is 304 g/mol. The molecule has 4 nitrogen and oxygen atoms in total. The maximum Gasteiger partial charge on any atom is 0.237 e. The highest BCUT2D eigenvalue weighted by Crippen LogP contribution is 2.33. The summed E-state index contributed by atoms with van der Waals surface area (Å²) < 4.78 is 0. The zero-order valence-electron chi connectivity index (χ0n) is 12.6.